The zero-order valence-electron chi connectivity index (χ0n) is 7.62. The highest BCUT2D eigenvalue weighted by atomic mass is 16.3. The first kappa shape index (κ1) is 9.52. The van der Waals surface area contributed by atoms with Gasteiger partial charge in [0, 0.05) is 19.5 Å². The predicted molar refractivity (Wildman–Crippen MR) is 46.7 cm³/mol. The van der Waals surface area contributed by atoms with Crippen LogP contribution in [-0.4, -0.2) is 35.1 Å². The van der Waals surface area contributed by atoms with E-state index >= 15 is 0 Å². The third-order valence-electron chi connectivity index (χ3n) is 2.37. The van der Waals surface area contributed by atoms with Crippen molar-refractivity contribution < 1.29 is 9.90 Å². The molecule has 0 saturated carbocycles. The molecule has 3 nitrogen and oxygen atoms in total. The van der Waals surface area contributed by atoms with Gasteiger partial charge < -0.3 is 10.0 Å². The Kier molecular flexibility index (Phi) is 3.53. The zero-order valence-corrected chi connectivity index (χ0v) is 7.62. The summed E-state index contributed by atoms with van der Waals surface area (Å²) in [4.78, 5) is 13.0. The minimum Gasteiger partial charge on any atom is -0.393 e. The molecule has 0 bridgehead atoms. The Morgan fingerprint density at radius 1 is 1.67 bits per heavy atom. The van der Waals surface area contributed by atoms with E-state index in [-0.39, 0.29) is 12.0 Å². The predicted octanol–water partition coefficient (Wildman–Crippen LogP) is 0.770. The lowest BCUT2D eigenvalue weighted by atomic mass is 10.2. The first-order valence-electron chi connectivity index (χ1n) is 4.70. The summed E-state index contributed by atoms with van der Waals surface area (Å²) in [7, 11) is 0. The van der Waals surface area contributed by atoms with Crippen LogP contribution in [0.25, 0.3) is 0 Å². The second kappa shape index (κ2) is 4.45. The number of likely N-dealkylation sites (tertiary alicyclic amines) is 1. The lowest BCUT2D eigenvalue weighted by Crippen LogP contribution is -2.28. The minimum absolute atomic E-state index is 0.238. The summed E-state index contributed by atoms with van der Waals surface area (Å²) in [5.74, 6) is 0.248. The van der Waals surface area contributed by atoms with Gasteiger partial charge in [-0.1, -0.05) is 6.92 Å². The van der Waals surface area contributed by atoms with Crippen molar-refractivity contribution in [2.75, 3.05) is 13.1 Å². The average Bonchev–Trinajstić information content (AvgIpc) is 2.47. The van der Waals surface area contributed by atoms with E-state index < -0.39 is 0 Å². The number of carbonyl (C=O) groups excluding carboxylic acids is 1. The Balaban J connectivity index is 2.18. The number of aliphatic hydroxyl groups excluding tert-OH is 1. The molecule has 0 aliphatic carbocycles. The summed E-state index contributed by atoms with van der Waals surface area (Å²) in [5, 5.41) is 9.27. The number of amides is 1. The number of rotatable bonds is 4. The molecular weight excluding hydrogens is 154 g/mol. The first-order valence-corrected chi connectivity index (χ1v) is 4.70. The molecule has 1 rings (SSSR count). The number of hydrogen-bond acceptors (Lipinski definition) is 2. The Morgan fingerprint density at radius 3 is 2.92 bits per heavy atom. The van der Waals surface area contributed by atoms with Crippen LogP contribution in [0.2, 0.25) is 0 Å². The number of hydrogen-bond donors (Lipinski definition) is 1. The van der Waals surface area contributed by atoms with Crippen molar-refractivity contribution in [3.63, 3.8) is 0 Å². The van der Waals surface area contributed by atoms with E-state index in [1.165, 1.54) is 0 Å². The molecule has 1 fully saturated rings. The van der Waals surface area contributed by atoms with Gasteiger partial charge in [-0.3, -0.25) is 4.79 Å². The lowest BCUT2D eigenvalue weighted by molar-refractivity contribution is -0.127. The molecule has 1 heterocycles. The quantitative estimate of drug-likeness (QED) is 0.678. The monoisotopic (exact) mass is 171 g/mol. The Hall–Kier alpha value is -0.570. The van der Waals surface area contributed by atoms with Crippen LogP contribution in [0.4, 0.5) is 0 Å². The van der Waals surface area contributed by atoms with E-state index in [4.69, 9.17) is 0 Å². The van der Waals surface area contributed by atoms with Gasteiger partial charge in [0.05, 0.1) is 6.10 Å². The Bertz CT molecular complexity index is 159. The van der Waals surface area contributed by atoms with Crippen LogP contribution < -0.4 is 0 Å². The molecule has 0 aromatic rings. The number of carbonyl (C=O) groups is 1. The molecule has 0 aromatic carbocycles. The van der Waals surface area contributed by atoms with E-state index in [0.717, 1.165) is 32.4 Å². The van der Waals surface area contributed by atoms with Crippen molar-refractivity contribution in [2.24, 2.45) is 0 Å². The summed E-state index contributed by atoms with van der Waals surface area (Å²) in [6.45, 7) is 3.57. The smallest absolute Gasteiger partial charge is 0.222 e. The second-order valence-corrected chi connectivity index (χ2v) is 3.34. The fourth-order valence-electron chi connectivity index (χ4n) is 1.45. The topological polar surface area (TPSA) is 40.5 Å². The molecule has 1 aliphatic heterocycles. The third-order valence-corrected chi connectivity index (χ3v) is 2.37. The van der Waals surface area contributed by atoms with E-state index in [2.05, 4.69) is 0 Å². The minimum atomic E-state index is -0.238. The van der Waals surface area contributed by atoms with Crippen molar-refractivity contribution in [1.82, 2.24) is 4.90 Å². The summed E-state index contributed by atoms with van der Waals surface area (Å²) >= 11 is 0. The Morgan fingerprint density at radius 2 is 2.42 bits per heavy atom. The molecule has 1 aliphatic rings. The molecule has 70 valence electrons. The second-order valence-electron chi connectivity index (χ2n) is 3.34. The van der Waals surface area contributed by atoms with Crippen LogP contribution in [0.5, 0.6) is 0 Å². The maximum absolute atomic E-state index is 11.1. The van der Waals surface area contributed by atoms with E-state index in [1.807, 2.05) is 11.8 Å². The van der Waals surface area contributed by atoms with Crippen LogP contribution >= 0.6 is 0 Å². The van der Waals surface area contributed by atoms with Gasteiger partial charge in [-0.25, -0.2) is 0 Å². The molecular formula is C9H17NO2. The largest absolute Gasteiger partial charge is 0.393 e. The highest BCUT2D eigenvalue weighted by Gasteiger charge is 2.19. The van der Waals surface area contributed by atoms with Crippen molar-refractivity contribution in [3.05, 3.63) is 0 Å². The van der Waals surface area contributed by atoms with Crippen LogP contribution in [0.1, 0.15) is 32.6 Å². The van der Waals surface area contributed by atoms with Crippen LogP contribution in [0.15, 0.2) is 0 Å². The van der Waals surface area contributed by atoms with Gasteiger partial charge in [-0.2, -0.15) is 0 Å². The fraction of sp³-hybridized carbons (Fsp3) is 0.889. The van der Waals surface area contributed by atoms with Gasteiger partial charge >= 0.3 is 0 Å². The maximum atomic E-state index is 11.1. The molecule has 3 heteroatoms. The van der Waals surface area contributed by atoms with E-state index in [0.29, 0.717) is 6.42 Å². The standard InChI is InChI=1S/C9H17NO2/c1-2-8(11)5-7-10-6-3-4-9(10)12/h8,11H,2-7H2,1H3. The van der Waals surface area contributed by atoms with Gasteiger partial charge in [0.25, 0.3) is 0 Å². The molecule has 1 unspecified atom stereocenters. The third kappa shape index (κ3) is 2.48. The summed E-state index contributed by atoms with van der Waals surface area (Å²) in [6, 6.07) is 0. The van der Waals surface area contributed by atoms with Crippen molar-refractivity contribution in [2.45, 2.75) is 38.7 Å². The van der Waals surface area contributed by atoms with E-state index in [9.17, 15) is 9.90 Å². The summed E-state index contributed by atoms with van der Waals surface area (Å²) < 4.78 is 0. The summed E-state index contributed by atoms with van der Waals surface area (Å²) in [6.07, 6.45) is 2.95. The normalized spacial score (nSPS) is 20.2. The lowest BCUT2D eigenvalue weighted by Gasteiger charge is -2.16. The zero-order chi connectivity index (χ0) is 8.97. The van der Waals surface area contributed by atoms with Crippen molar-refractivity contribution in [3.8, 4) is 0 Å². The molecule has 1 amide bonds. The molecule has 1 N–H and O–H groups in total. The van der Waals surface area contributed by atoms with Gasteiger partial charge in [-0.15, -0.1) is 0 Å². The van der Waals surface area contributed by atoms with Gasteiger partial charge in [0.2, 0.25) is 5.91 Å². The fourth-order valence-corrected chi connectivity index (χ4v) is 1.45. The number of aliphatic hydroxyl groups is 1. The highest BCUT2D eigenvalue weighted by Crippen LogP contribution is 2.10. The molecule has 0 radical (unpaired) electrons. The molecule has 1 saturated heterocycles. The molecule has 12 heavy (non-hydrogen) atoms. The van der Waals surface area contributed by atoms with Crippen LogP contribution in [0, 0.1) is 0 Å². The van der Waals surface area contributed by atoms with Gasteiger partial charge in [0.1, 0.15) is 0 Å². The molecule has 0 aromatic heterocycles. The Labute approximate surface area is 73.4 Å². The average molecular weight is 171 g/mol. The molecule has 1 atom stereocenters. The SMILES string of the molecule is CCC(O)CCN1CCCC1=O. The van der Waals surface area contributed by atoms with Crippen molar-refractivity contribution >= 4 is 5.91 Å². The summed E-state index contributed by atoms with van der Waals surface area (Å²) in [5.41, 5.74) is 0. The van der Waals surface area contributed by atoms with Gasteiger partial charge in [-0.05, 0) is 19.3 Å². The van der Waals surface area contributed by atoms with Gasteiger partial charge in [0.15, 0.2) is 0 Å². The van der Waals surface area contributed by atoms with Crippen molar-refractivity contribution in [1.29, 1.82) is 0 Å². The first-order chi connectivity index (χ1) is 5.74. The van der Waals surface area contributed by atoms with Crippen LogP contribution in [-0.2, 0) is 4.79 Å². The highest BCUT2D eigenvalue weighted by molar-refractivity contribution is 5.77. The number of nitrogens with zero attached hydrogens (tertiary/aromatic N) is 1. The maximum Gasteiger partial charge on any atom is 0.222 e. The van der Waals surface area contributed by atoms with Crippen LogP contribution in [0.3, 0.4) is 0 Å². The molecule has 0 spiro atoms. The van der Waals surface area contributed by atoms with E-state index in [1.54, 1.807) is 0 Å².